The van der Waals surface area contributed by atoms with Crippen molar-refractivity contribution in [3.05, 3.63) is 100 Å². The zero-order chi connectivity index (χ0) is 19.3. The number of nitrogens with one attached hydrogen (secondary N) is 1. The molecule has 5 heteroatoms. The van der Waals surface area contributed by atoms with Crippen LogP contribution in [-0.4, -0.2) is 10.9 Å². The highest BCUT2D eigenvalue weighted by Gasteiger charge is 2.05. The predicted molar refractivity (Wildman–Crippen MR) is 118 cm³/mol. The van der Waals surface area contributed by atoms with Gasteiger partial charge in [-0.25, -0.2) is 4.98 Å². The summed E-state index contributed by atoms with van der Waals surface area (Å²) in [6.45, 7) is 0. The normalized spacial score (nSPS) is 11.2. The van der Waals surface area contributed by atoms with Crippen LogP contribution in [0.3, 0.4) is 0 Å². The number of rotatable bonds is 5. The Morgan fingerprint density at radius 3 is 2.50 bits per heavy atom. The molecule has 4 aromatic rings. The van der Waals surface area contributed by atoms with Crippen molar-refractivity contribution in [3.8, 4) is 0 Å². The molecule has 3 aromatic carbocycles. The summed E-state index contributed by atoms with van der Waals surface area (Å²) in [5, 5.41) is 4.63. The molecule has 1 aromatic heterocycles. The van der Waals surface area contributed by atoms with E-state index in [1.54, 1.807) is 29.5 Å². The van der Waals surface area contributed by atoms with Crippen molar-refractivity contribution in [3.63, 3.8) is 0 Å². The van der Waals surface area contributed by atoms with Crippen molar-refractivity contribution in [2.45, 2.75) is 6.42 Å². The number of aromatic nitrogens is 1. The number of halogens is 1. The number of hydrogen-bond donors (Lipinski definition) is 1. The van der Waals surface area contributed by atoms with Gasteiger partial charge in [-0.3, -0.25) is 4.79 Å². The van der Waals surface area contributed by atoms with Crippen LogP contribution in [0.2, 0.25) is 5.02 Å². The van der Waals surface area contributed by atoms with Gasteiger partial charge in [-0.05, 0) is 53.6 Å². The van der Waals surface area contributed by atoms with Crippen molar-refractivity contribution >= 4 is 50.8 Å². The second-order valence-corrected chi connectivity index (χ2v) is 7.87. The molecule has 0 fully saturated rings. The number of amides is 1. The summed E-state index contributed by atoms with van der Waals surface area (Å²) in [4.78, 5) is 16.8. The number of hydrogen-bond acceptors (Lipinski definition) is 3. The smallest absolute Gasteiger partial charge is 0.248 e. The quantitative estimate of drug-likeness (QED) is 0.403. The third-order valence-electron chi connectivity index (χ3n) is 4.21. The molecule has 0 spiro atoms. The topological polar surface area (TPSA) is 42.0 Å². The summed E-state index contributed by atoms with van der Waals surface area (Å²) < 4.78 is 1.20. The molecule has 1 amide bonds. The van der Waals surface area contributed by atoms with Crippen LogP contribution in [0.15, 0.2) is 78.9 Å². The van der Waals surface area contributed by atoms with Gasteiger partial charge >= 0.3 is 0 Å². The molecule has 0 aliphatic heterocycles. The SMILES string of the molecule is O=C(/C=C/c1ccc(Cl)cc1)Nc1ccc(Cc2nc3ccccc3s2)cc1. The van der Waals surface area contributed by atoms with Crippen LogP contribution in [0.5, 0.6) is 0 Å². The molecule has 0 radical (unpaired) electrons. The minimum absolute atomic E-state index is 0.172. The van der Waals surface area contributed by atoms with E-state index in [1.165, 1.54) is 10.8 Å². The van der Waals surface area contributed by atoms with Gasteiger partial charge in [0, 0.05) is 23.2 Å². The number of anilines is 1. The van der Waals surface area contributed by atoms with Gasteiger partial charge in [0.25, 0.3) is 0 Å². The number of carbonyl (C=O) groups is 1. The van der Waals surface area contributed by atoms with Gasteiger partial charge in [-0.1, -0.05) is 48.0 Å². The number of fused-ring (bicyclic) bond motifs is 1. The van der Waals surface area contributed by atoms with E-state index in [2.05, 4.69) is 16.4 Å². The van der Waals surface area contributed by atoms with Gasteiger partial charge in [-0.15, -0.1) is 11.3 Å². The number of para-hydroxylation sites is 1. The number of nitrogens with zero attached hydrogens (tertiary/aromatic N) is 1. The minimum Gasteiger partial charge on any atom is -0.323 e. The van der Waals surface area contributed by atoms with Crippen LogP contribution in [0.25, 0.3) is 16.3 Å². The Bertz CT molecular complexity index is 1100. The lowest BCUT2D eigenvalue weighted by molar-refractivity contribution is -0.111. The van der Waals surface area contributed by atoms with Crippen molar-refractivity contribution < 1.29 is 4.79 Å². The first kappa shape index (κ1) is 18.4. The Kier molecular flexibility index (Phi) is 5.51. The maximum absolute atomic E-state index is 12.1. The Morgan fingerprint density at radius 1 is 1.00 bits per heavy atom. The van der Waals surface area contributed by atoms with E-state index in [4.69, 9.17) is 11.6 Å². The third-order valence-corrected chi connectivity index (χ3v) is 5.50. The molecule has 3 nitrogen and oxygen atoms in total. The van der Waals surface area contributed by atoms with Crippen LogP contribution in [0.1, 0.15) is 16.1 Å². The summed E-state index contributed by atoms with van der Waals surface area (Å²) in [7, 11) is 0. The van der Waals surface area contributed by atoms with Crippen molar-refractivity contribution in [1.29, 1.82) is 0 Å². The molecule has 1 N–H and O–H groups in total. The van der Waals surface area contributed by atoms with E-state index >= 15 is 0 Å². The molecular weight excluding hydrogens is 388 g/mol. The van der Waals surface area contributed by atoms with Gasteiger partial charge in [0.2, 0.25) is 5.91 Å². The number of benzene rings is 3. The fourth-order valence-electron chi connectivity index (χ4n) is 2.81. The Morgan fingerprint density at radius 2 is 1.75 bits per heavy atom. The van der Waals surface area contributed by atoms with E-state index in [0.29, 0.717) is 5.02 Å². The van der Waals surface area contributed by atoms with Gasteiger partial charge in [0.1, 0.15) is 0 Å². The van der Waals surface area contributed by atoms with E-state index in [0.717, 1.165) is 33.8 Å². The standard InChI is InChI=1S/C23H17ClN2OS/c24-18-10-5-16(6-11-18)9-14-22(27)25-19-12-7-17(8-13-19)15-23-26-20-3-1-2-4-21(20)28-23/h1-14H,15H2,(H,25,27)/b14-9+. The van der Waals surface area contributed by atoms with Crippen molar-refractivity contribution in [2.75, 3.05) is 5.32 Å². The second kappa shape index (κ2) is 8.38. The van der Waals surface area contributed by atoms with Crippen molar-refractivity contribution in [2.24, 2.45) is 0 Å². The predicted octanol–water partition coefficient (Wildman–Crippen LogP) is 6.19. The maximum atomic E-state index is 12.1. The Balaban J connectivity index is 1.37. The molecule has 0 bridgehead atoms. The Hall–Kier alpha value is -2.95. The molecule has 4 rings (SSSR count). The summed E-state index contributed by atoms with van der Waals surface area (Å²) in [6, 6.07) is 23.3. The molecule has 0 saturated carbocycles. The van der Waals surface area contributed by atoms with Crippen LogP contribution in [0, 0.1) is 0 Å². The van der Waals surface area contributed by atoms with Gasteiger partial charge in [0.15, 0.2) is 0 Å². The zero-order valence-electron chi connectivity index (χ0n) is 14.9. The van der Waals surface area contributed by atoms with Crippen molar-refractivity contribution in [1.82, 2.24) is 4.98 Å². The fraction of sp³-hybridized carbons (Fsp3) is 0.0435. The van der Waals surface area contributed by atoms with Crippen LogP contribution in [-0.2, 0) is 11.2 Å². The molecular formula is C23H17ClN2OS. The molecule has 1 heterocycles. The first-order chi connectivity index (χ1) is 13.7. The first-order valence-electron chi connectivity index (χ1n) is 8.84. The van der Waals surface area contributed by atoms with Crippen LogP contribution >= 0.6 is 22.9 Å². The highest BCUT2D eigenvalue weighted by atomic mass is 35.5. The van der Waals surface area contributed by atoms with Gasteiger partial charge in [-0.2, -0.15) is 0 Å². The number of thiazole rings is 1. The summed E-state index contributed by atoms with van der Waals surface area (Å²) in [6.07, 6.45) is 4.05. The minimum atomic E-state index is -0.172. The zero-order valence-corrected chi connectivity index (χ0v) is 16.5. The van der Waals surface area contributed by atoms with Crippen LogP contribution < -0.4 is 5.32 Å². The lowest BCUT2D eigenvalue weighted by atomic mass is 10.1. The lowest BCUT2D eigenvalue weighted by Gasteiger charge is -2.04. The largest absolute Gasteiger partial charge is 0.323 e. The molecule has 138 valence electrons. The monoisotopic (exact) mass is 404 g/mol. The summed E-state index contributed by atoms with van der Waals surface area (Å²) >= 11 is 7.57. The van der Waals surface area contributed by atoms with Crippen LogP contribution in [0.4, 0.5) is 5.69 Å². The van der Waals surface area contributed by atoms with E-state index in [9.17, 15) is 4.79 Å². The van der Waals surface area contributed by atoms with E-state index in [1.807, 2.05) is 54.6 Å². The molecule has 0 aliphatic rings. The molecule has 0 saturated heterocycles. The molecule has 0 unspecified atom stereocenters. The third kappa shape index (κ3) is 4.66. The highest BCUT2D eigenvalue weighted by Crippen LogP contribution is 2.24. The summed E-state index contributed by atoms with van der Waals surface area (Å²) in [5.74, 6) is -0.172. The summed E-state index contributed by atoms with van der Waals surface area (Å²) in [5.41, 5.74) is 3.89. The van der Waals surface area contributed by atoms with E-state index < -0.39 is 0 Å². The Labute approximate surface area is 172 Å². The lowest BCUT2D eigenvalue weighted by Crippen LogP contribution is -2.07. The van der Waals surface area contributed by atoms with Gasteiger partial charge in [0.05, 0.1) is 15.2 Å². The number of carbonyl (C=O) groups excluding carboxylic acids is 1. The molecule has 0 atom stereocenters. The molecule has 0 aliphatic carbocycles. The molecule has 28 heavy (non-hydrogen) atoms. The first-order valence-corrected chi connectivity index (χ1v) is 10.0. The maximum Gasteiger partial charge on any atom is 0.248 e. The average molecular weight is 405 g/mol. The van der Waals surface area contributed by atoms with E-state index in [-0.39, 0.29) is 5.91 Å². The average Bonchev–Trinajstić information content (AvgIpc) is 3.11. The second-order valence-electron chi connectivity index (χ2n) is 6.32. The van der Waals surface area contributed by atoms with Gasteiger partial charge < -0.3 is 5.32 Å². The highest BCUT2D eigenvalue weighted by molar-refractivity contribution is 7.18. The fourth-order valence-corrected chi connectivity index (χ4v) is 3.93.